The molecular formula is C24H22F3NO6. The van der Waals surface area contributed by atoms with E-state index < -0.39 is 36.8 Å². The van der Waals surface area contributed by atoms with Gasteiger partial charge in [0.05, 0.1) is 17.9 Å². The van der Waals surface area contributed by atoms with E-state index in [1.165, 1.54) is 7.11 Å². The molecule has 180 valence electrons. The number of benzene rings is 3. The first-order valence-electron chi connectivity index (χ1n) is 10.2. The number of amides is 1. The van der Waals surface area contributed by atoms with Crippen LogP contribution in [0, 0.1) is 0 Å². The van der Waals surface area contributed by atoms with Gasteiger partial charge < -0.3 is 24.3 Å². The fourth-order valence-corrected chi connectivity index (χ4v) is 3.00. The van der Waals surface area contributed by atoms with E-state index in [4.69, 9.17) is 18.9 Å². The van der Waals surface area contributed by atoms with Crippen molar-refractivity contribution in [1.82, 2.24) is 0 Å². The number of carbonyl (C=O) groups excluding carboxylic acids is 2. The number of carbonyl (C=O) groups is 2. The molecule has 1 amide bonds. The predicted molar refractivity (Wildman–Crippen MR) is 118 cm³/mol. The van der Waals surface area contributed by atoms with Gasteiger partial charge in [-0.2, -0.15) is 13.2 Å². The SMILES string of the molecule is COCCOc1ccc(C(F)(F)F)cc1NC(=O)COC(=O)COc1cccc2ccccc12. The van der Waals surface area contributed by atoms with Crippen LogP contribution in [-0.4, -0.2) is 45.4 Å². The summed E-state index contributed by atoms with van der Waals surface area (Å²) in [5.74, 6) is -1.16. The second-order valence-electron chi connectivity index (χ2n) is 7.02. The highest BCUT2D eigenvalue weighted by molar-refractivity contribution is 5.94. The first kappa shape index (κ1) is 24.8. The molecule has 0 aliphatic carbocycles. The van der Waals surface area contributed by atoms with Gasteiger partial charge in [-0.25, -0.2) is 4.79 Å². The smallest absolute Gasteiger partial charge is 0.416 e. The number of alkyl halides is 3. The van der Waals surface area contributed by atoms with E-state index in [-0.39, 0.29) is 24.7 Å². The van der Waals surface area contributed by atoms with Crippen molar-refractivity contribution in [2.75, 3.05) is 38.9 Å². The molecule has 0 fully saturated rings. The number of ether oxygens (including phenoxy) is 4. The molecule has 3 aromatic carbocycles. The van der Waals surface area contributed by atoms with E-state index in [1.807, 2.05) is 30.3 Å². The molecule has 0 saturated carbocycles. The Labute approximate surface area is 193 Å². The van der Waals surface area contributed by atoms with Crippen molar-refractivity contribution in [2.45, 2.75) is 6.18 Å². The maximum Gasteiger partial charge on any atom is 0.416 e. The summed E-state index contributed by atoms with van der Waals surface area (Å²) < 4.78 is 59.8. The number of hydrogen-bond donors (Lipinski definition) is 1. The zero-order chi connectivity index (χ0) is 24.6. The van der Waals surface area contributed by atoms with E-state index in [0.29, 0.717) is 5.75 Å². The Bertz CT molecular complexity index is 1140. The van der Waals surface area contributed by atoms with Crippen LogP contribution in [0.2, 0.25) is 0 Å². The molecule has 0 aromatic heterocycles. The molecule has 0 aliphatic heterocycles. The van der Waals surface area contributed by atoms with Gasteiger partial charge in [0.15, 0.2) is 13.2 Å². The lowest BCUT2D eigenvalue weighted by molar-refractivity contribution is -0.149. The summed E-state index contributed by atoms with van der Waals surface area (Å²) in [7, 11) is 1.44. The van der Waals surface area contributed by atoms with E-state index >= 15 is 0 Å². The maximum atomic E-state index is 13.1. The summed E-state index contributed by atoms with van der Waals surface area (Å²) in [5, 5.41) is 4.02. The monoisotopic (exact) mass is 477 g/mol. The second-order valence-corrected chi connectivity index (χ2v) is 7.02. The number of anilines is 1. The Morgan fingerprint density at radius 2 is 1.65 bits per heavy atom. The molecule has 7 nitrogen and oxygen atoms in total. The van der Waals surface area contributed by atoms with Gasteiger partial charge in [0.1, 0.15) is 18.1 Å². The van der Waals surface area contributed by atoms with Crippen molar-refractivity contribution in [1.29, 1.82) is 0 Å². The Hall–Kier alpha value is -3.79. The van der Waals surface area contributed by atoms with Crippen LogP contribution in [0.15, 0.2) is 60.7 Å². The first-order chi connectivity index (χ1) is 16.3. The Balaban J connectivity index is 1.57. The van der Waals surface area contributed by atoms with Crippen molar-refractivity contribution in [2.24, 2.45) is 0 Å². The molecule has 0 saturated heterocycles. The average molecular weight is 477 g/mol. The van der Waals surface area contributed by atoms with Crippen LogP contribution >= 0.6 is 0 Å². The van der Waals surface area contributed by atoms with Gasteiger partial charge in [-0.3, -0.25) is 4.79 Å². The Kier molecular flexibility index (Phi) is 8.31. The minimum absolute atomic E-state index is 0.0176. The van der Waals surface area contributed by atoms with Gasteiger partial charge in [0.25, 0.3) is 5.91 Å². The van der Waals surface area contributed by atoms with Crippen LogP contribution in [0.1, 0.15) is 5.56 Å². The molecular weight excluding hydrogens is 455 g/mol. The molecule has 0 bridgehead atoms. The number of esters is 1. The standard InChI is InChI=1S/C24H22F3NO6/c1-31-11-12-32-21-10-9-17(24(25,26)27)13-19(21)28-22(29)14-34-23(30)15-33-20-8-4-6-16-5-2-3-7-18(16)20/h2-10,13H,11-12,14-15H2,1H3,(H,28,29). The van der Waals surface area contributed by atoms with E-state index in [2.05, 4.69) is 5.32 Å². The molecule has 0 atom stereocenters. The average Bonchev–Trinajstić information content (AvgIpc) is 2.81. The molecule has 1 N–H and O–H groups in total. The highest BCUT2D eigenvalue weighted by Crippen LogP contribution is 2.35. The molecule has 0 aliphatic rings. The van der Waals surface area contributed by atoms with E-state index in [1.54, 1.807) is 12.1 Å². The molecule has 34 heavy (non-hydrogen) atoms. The first-order valence-corrected chi connectivity index (χ1v) is 10.2. The third-order valence-corrected chi connectivity index (χ3v) is 4.59. The topological polar surface area (TPSA) is 83.1 Å². The van der Waals surface area contributed by atoms with Gasteiger partial charge in [0, 0.05) is 12.5 Å². The van der Waals surface area contributed by atoms with Crippen LogP contribution < -0.4 is 14.8 Å². The largest absolute Gasteiger partial charge is 0.489 e. The summed E-state index contributed by atoms with van der Waals surface area (Å²) in [5.41, 5.74) is -1.18. The highest BCUT2D eigenvalue weighted by Gasteiger charge is 2.31. The number of fused-ring (bicyclic) bond motifs is 1. The number of nitrogens with one attached hydrogen (secondary N) is 1. The maximum absolute atomic E-state index is 13.1. The summed E-state index contributed by atoms with van der Waals surface area (Å²) in [6.07, 6.45) is -4.62. The van der Waals surface area contributed by atoms with Crippen LogP contribution in [0.3, 0.4) is 0 Å². The van der Waals surface area contributed by atoms with Gasteiger partial charge in [-0.1, -0.05) is 36.4 Å². The second kappa shape index (κ2) is 11.4. The van der Waals surface area contributed by atoms with Crippen molar-refractivity contribution in [3.63, 3.8) is 0 Å². The third-order valence-electron chi connectivity index (χ3n) is 4.59. The highest BCUT2D eigenvalue weighted by atomic mass is 19.4. The molecule has 0 spiro atoms. The fraction of sp³-hybridized carbons (Fsp3) is 0.250. The minimum Gasteiger partial charge on any atom is -0.489 e. The van der Waals surface area contributed by atoms with E-state index in [0.717, 1.165) is 29.0 Å². The Morgan fingerprint density at radius 3 is 2.41 bits per heavy atom. The van der Waals surface area contributed by atoms with Crippen molar-refractivity contribution < 1.29 is 41.7 Å². The van der Waals surface area contributed by atoms with Gasteiger partial charge in [0.2, 0.25) is 0 Å². The Morgan fingerprint density at radius 1 is 0.882 bits per heavy atom. The van der Waals surface area contributed by atoms with Crippen molar-refractivity contribution >= 4 is 28.3 Å². The summed E-state index contributed by atoms with van der Waals surface area (Å²) in [6.45, 7) is -0.907. The third kappa shape index (κ3) is 6.85. The van der Waals surface area contributed by atoms with Crippen LogP contribution in [-0.2, 0) is 25.2 Å². The zero-order valence-electron chi connectivity index (χ0n) is 18.2. The van der Waals surface area contributed by atoms with Crippen LogP contribution in [0.5, 0.6) is 11.5 Å². The molecule has 0 unspecified atom stereocenters. The lowest BCUT2D eigenvalue weighted by atomic mass is 10.1. The number of methoxy groups -OCH3 is 1. The van der Waals surface area contributed by atoms with Crippen molar-refractivity contribution in [3.05, 3.63) is 66.2 Å². The number of halogens is 3. The fourth-order valence-electron chi connectivity index (χ4n) is 3.00. The molecule has 0 radical (unpaired) electrons. The van der Waals surface area contributed by atoms with Gasteiger partial charge >= 0.3 is 12.1 Å². The normalized spacial score (nSPS) is 11.2. The van der Waals surface area contributed by atoms with Crippen LogP contribution in [0.4, 0.5) is 18.9 Å². The quantitative estimate of drug-likeness (QED) is 0.343. The van der Waals surface area contributed by atoms with Gasteiger partial charge in [-0.05, 0) is 29.7 Å². The molecule has 10 heteroatoms. The minimum atomic E-state index is -4.62. The lowest BCUT2D eigenvalue weighted by Crippen LogP contribution is -2.24. The number of hydrogen-bond acceptors (Lipinski definition) is 6. The van der Waals surface area contributed by atoms with E-state index in [9.17, 15) is 22.8 Å². The summed E-state index contributed by atoms with van der Waals surface area (Å²) in [6, 6.07) is 15.5. The molecule has 3 aromatic rings. The predicted octanol–water partition coefficient (Wildman–Crippen LogP) is 4.44. The van der Waals surface area contributed by atoms with Crippen LogP contribution in [0.25, 0.3) is 10.8 Å². The summed E-state index contributed by atoms with van der Waals surface area (Å²) in [4.78, 5) is 24.2. The zero-order valence-corrected chi connectivity index (χ0v) is 18.2. The molecule has 0 heterocycles. The van der Waals surface area contributed by atoms with Crippen molar-refractivity contribution in [3.8, 4) is 11.5 Å². The van der Waals surface area contributed by atoms with Gasteiger partial charge in [-0.15, -0.1) is 0 Å². The molecule has 3 rings (SSSR count). The number of rotatable bonds is 10. The lowest BCUT2D eigenvalue weighted by Gasteiger charge is -2.15. The summed E-state index contributed by atoms with van der Waals surface area (Å²) >= 11 is 0.